The highest BCUT2D eigenvalue weighted by molar-refractivity contribution is 5.33. The molecule has 0 aromatic rings. The summed E-state index contributed by atoms with van der Waals surface area (Å²) >= 11 is 0. The maximum absolute atomic E-state index is 2.51. The van der Waals surface area contributed by atoms with Crippen LogP contribution >= 0.6 is 0 Å². The normalized spacial score (nSPS) is 28.4. The second-order valence-corrected chi connectivity index (χ2v) is 5.00. The van der Waals surface area contributed by atoms with E-state index in [1.54, 1.807) is 11.1 Å². The van der Waals surface area contributed by atoms with Gasteiger partial charge >= 0.3 is 0 Å². The lowest BCUT2D eigenvalue weighted by molar-refractivity contribution is 0.191. The molecule has 0 fully saturated rings. The first-order valence-corrected chi connectivity index (χ1v) is 5.76. The van der Waals surface area contributed by atoms with Crippen molar-refractivity contribution in [2.24, 2.45) is 5.92 Å². The van der Waals surface area contributed by atoms with E-state index in [-0.39, 0.29) is 0 Å². The number of rotatable bonds is 1. The summed E-state index contributed by atoms with van der Waals surface area (Å²) in [5, 5.41) is 0. The zero-order valence-electron chi connectivity index (χ0n) is 9.59. The van der Waals surface area contributed by atoms with Crippen LogP contribution in [0.3, 0.4) is 0 Å². The van der Waals surface area contributed by atoms with Crippen LogP contribution in [0.4, 0.5) is 0 Å². The van der Waals surface area contributed by atoms with Crippen molar-refractivity contribution in [1.29, 1.82) is 0 Å². The number of hydrogen-bond acceptors (Lipinski definition) is 1. The molecule has 1 heteroatoms. The monoisotopic (exact) mass is 191 g/mol. The smallest absolute Gasteiger partial charge is 0.0233 e. The van der Waals surface area contributed by atoms with Crippen molar-refractivity contribution < 1.29 is 0 Å². The fraction of sp³-hybridized carbons (Fsp3) is 0.692. The van der Waals surface area contributed by atoms with Crippen LogP contribution in [0, 0.1) is 5.92 Å². The van der Waals surface area contributed by atoms with E-state index < -0.39 is 0 Å². The number of nitrogens with zero attached hydrogens (tertiary/aromatic N) is 1. The lowest BCUT2D eigenvalue weighted by atomic mass is 9.84. The molecule has 1 aliphatic heterocycles. The highest BCUT2D eigenvalue weighted by Gasteiger charge is 2.26. The Balaban J connectivity index is 2.17. The van der Waals surface area contributed by atoms with Crippen LogP contribution in [0.25, 0.3) is 0 Å². The van der Waals surface area contributed by atoms with Crippen LogP contribution in [0.5, 0.6) is 0 Å². The summed E-state index contributed by atoms with van der Waals surface area (Å²) in [5.74, 6) is 0.778. The maximum atomic E-state index is 2.51. The third-order valence-electron chi connectivity index (χ3n) is 3.60. The molecule has 14 heavy (non-hydrogen) atoms. The molecule has 0 saturated heterocycles. The average Bonchev–Trinajstić information content (AvgIpc) is 2.16. The van der Waals surface area contributed by atoms with Crippen LogP contribution < -0.4 is 0 Å². The van der Waals surface area contributed by atoms with Crippen LogP contribution in [-0.2, 0) is 0 Å². The number of hydrogen-bond donors (Lipinski definition) is 0. The third-order valence-corrected chi connectivity index (χ3v) is 3.60. The number of allylic oxidation sites excluding steroid dienone is 1. The summed E-state index contributed by atoms with van der Waals surface area (Å²) in [6.45, 7) is 5.84. The van der Waals surface area contributed by atoms with Crippen molar-refractivity contribution in [3.05, 3.63) is 23.3 Å². The Morgan fingerprint density at radius 2 is 2.21 bits per heavy atom. The van der Waals surface area contributed by atoms with Gasteiger partial charge in [-0.2, -0.15) is 0 Å². The summed E-state index contributed by atoms with van der Waals surface area (Å²) < 4.78 is 0. The van der Waals surface area contributed by atoms with Crippen molar-refractivity contribution in [3.63, 3.8) is 0 Å². The Bertz CT molecular complexity index is 273. The lowest BCUT2D eigenvalue weighted by Crippen LogP contribution is -2.41. The van der Waals surface area contributed by atoms with E-state index in [0.29, 0.717) is 0 Å². The maximum Gasteiger partial charge on any atom is 0.0233 e. The first kappa shape index (κ1) is 9.97. The molecule has 2 rings (SSSR count). The molecule has 0 bridgehead atoms. The summed E-state index contributed by atoms with van der Waals surface area (Å²) in [7, 11) is 2.26. The summed E-state index contributed by atoms with van der Waals surface area (Å²) in [6.07, 6.45) is 8.53. The van der Waals surface area contributed by atoms with E-state index in [2.05, 4.69) is 37.9 Å². The minimum atomic E-state index is 0.764. The zero-order chi connectivity index (χ0) is 10.1. The van der Waals surface area contributed by atoms with E-state index in [1.165, 1.54) is 19.3 Å². The Labute approximate surface area is 87.5 Å². The van der Waals surface area contributed by atoms with Crippen molar-refractivity contribution in [2.45, 2.75) is 39.2 Å². The van der Waals surface area contributed by atoms with Crippen molar-refractivity contribution >= 4 is 0 Å². The van der Waals surface area contributed by atoms with Crippen molar-refractivity contribution in [2.75, 3.05) is 13.6 Å². The van der Waals surface area contributed by atoms with Crippen molar-refractivity contribution in [3.8, 4) is 0 Å². The SMILES string of the molecule is CC(C)C1CC2=C(C=CCC2)CN1C. The third kappa shape index (κ3) is 1.78. The standard InChI is InChI=1S/C13H21N/c1-10(2)13-8-11-6-4-5-7-12(11)9-14(13)3/h5,7,10,13H,4,6,8-9H2,1-3H3. The second-order valence-electron chi connectivity index (χ2n) is 5.00. The molecule has 1 aliphatic carbocycles. The number of likely N-dealkylation sites (N-methyl/N-ethyl adjacent to an activating group) is 1. The quantitative estimate of drug-likeness (QED) is 0.616. The minimum absolute atomic E-state index is 0.764. The van der Waals surface area contributed by atoms with Gasteiger partial charge in [-0.25, -0.2) is 0 Å². The van der Waals surface area contributed by atoms with E-state index in [1.807, 2.05) is 0 Å². The molecule has 0 N–H and O–H groups in total. The second kappa shape index (κ2) is 3.90. The van der Waals surface area contributed by atoms with Gasteiger partial charge in [-0.05, 0) is 37.8 Å². The summed E-state index contributed by atoms with van der Waals surface area (Å²) in [4.78, 5) is 2.51. The molecule has 1 unspecified atom stereocenters. The highest BCUT2D eigenvalue weighted by atomic mass is 15.1. The van der Waals surface area contributed by atoms with Gasteiger partial charge in [-0.3, -0.25) is 4.90 Å². The Kier molecular flexibility index (Phi) is 2.78. The molecule has 1 atom stereocenters. The van der Waals surface area contributed by atoms with Gasteiger partial charge in [0.2, 0.25) is 0 Å². The van der Waals surface area contributed by atoms with Crippen LogP contribution in [0.15, 0.2) is 23.3 Å². The van der Waals surface area contributed by atoms with Gasteiger partial charge in [0.1, 0.15) is 0 Å². The fourth-order valence-corrected chi connectivity index (χ4v) is 2.70. The molecule has 2 aliphatic rings. The zero-order valence-corrected chi connectivity index (χ0v) is 9.59. The molecule has 0 aromatic heterocycles. The van der Waals surface area contributed by atoms with Gasteiger partial charge in [-0.15, -0.1) is 0 Å². The summed E-state index contributed by atoms with van der Waals surface area (Å²) in [6, 6.07) is 0.764. The molecule has 1 heterocycles. The van der Waals surface area contributed by atoms with Crippen LogP contribution in [0.1, 0.15) is 33.1 Å². The first-order chi connectivity index (χ1) is 6.68. The Hall–Kier alpha value is -0.560. The highest BCUT2D eigenvalue weighted by Crippen LogP contribution is 2.32. The predicted octanol–water partition coefficient (Wildman–Crippen LogP) is 2.99. The van der Waals surface area contributed by atoms with Crippen LogP contribution in [0.2, 0.25) is 0 Å². The molecular weight excluding hydrogens is 170 g/mol. The van der Waals surface area contributed by atoms with Gasteiger partial charge in [0.25, 0.3) is 0 Å². The van der Waals surface area contributed by atoms with Gasteiger partial charge in [0, 0.05) is 12.6 Å². The molecule has 0 aromatic carbocycles. The Morgan fingerprint density at radius 1 is 1.43 bits per heavy atom. The van der Waals surface area contributed by atoms with Gasteiger partial charge < -0.3 is 0 Å². The molecule has 0 spiro atoms. The van der Waals surface area contributed by atoms with E-state index >= 15 is 0 Å². The van der Waals surface area contributed by atoms with Crippen molar-refractivity contribution in [1.82, 2.24) is 4.90 Å². The Morgan fingerprint density at radius 3 is 2.93 bits per heavy atom. The average molecular weight is 191 g/mol. The topological polar surface area (TPSA) is 3.24 Å². The lowest BCUT2D eigenvalue weighted by Gasteiger charge is -2.38. The van der Waals surface area contributed by atoms with Gasteiger partial charge in [0.05, 0.1) is 0 Å². The molecule has 0 amide bonds. The van der Waals surface area contributed by atoms with E-state index in [4.69, 9.17) is 0 Å². The molecule has 78 valence electrons. The molecule has 0 radical (unpaired) electrons. The molecule has 1 nitrogen and oxygen atoms in total. The summed E-state index contributed by atoms with van der Waals surface area (Å²) in [5.41, 5.74) is 3.32. The van der Waals surface area contributed by atoms with Gasteiger partial charge in [0.15, 0.2) is 0 Å². The molecule has 0 saturated carbocycles. The predicted molar refractivity (Wildman–Crippen MR) is 61.3 cm³/mol. The van der Waals surface area contributed by atoms with Crippen LogP contribution in [-0.4, -0.2) is 24.5 Å². The van der Waals surface area contributed by atoms with E-state index in [9.17, 15) is 0 Å². The first-order valence-electron chi connectivity index (χ1n) is 5.76. The molecular formula is C13H21N. The van der Waals surface area contributed by atoms with E-state index in [0.717, 1.165) is 18.5 Å². The fourth-order valence-electron chi connectivity index (χ4n) is 2.70. The van der Waals surface area contributed by atoms with Gasteiger partial charge in [-0.1, -0.05) is 31.6 Å². The minimum Gasteiger partial charge on any atom is -0.299 e. The largest absolute Gasteiger partial charge is 0.299 e.